The van der Waals surface area contributed by atoms with Gasteiger partial charge < -0.3 is 15.1 Å². The molecule has 0 radical (unpaired) electrons. The van der Waals surface area contributed by atoms with E-state index in [0.717, 1.165) is 11.0 Å². The minimum absolute atomic E-state index is 0.0508. The first kappa shape index (κ1) is 15.2. The summed E-state index contributed by atoms with van der Waals surface area (Å²) in [7, 11) is 0. The second-order valence-electron chi connectivity index (χ2n) is 4.44. The molecule has 1 aliphatic rings. The Balaban J connectivity index is 2.58. The minimum atomic E-state index is -1.38. The van der Waals surface area contributed by atoms with Gasteiger partial charge in [0.25, 0.3) is 0 Å². The summed E-state index contributed by atoms with van der Waals surface area (Å²) in [6.45, 7) is -0.151. The van der Waals surface area contributed by atoms with Crippen LogP contribution in [-0.4, -0.2) is 35.2 Å². The molecule has 0 aromatic heterocycles. The Morgan fingerprint density at radius 2 is 2.25 bits per heavy atom. The van der Waals surface area contributed by atoms with Gasteiger partial charge >= 0.3 is 5.97 Å². The van der Waals surface area contributed by atoms with Crippen LogP contribution >= 0.6 is 27.5 Å². The molecule has 0 saturated carbocycles. The summed E-state index contributed by atoms with van der Waals surface area (Å²) >= 11 is 8.67. The number of halogens is 3. The van der Waals surface area contributed by atoms with Gasteiger partial charge in [-0.25, -0.2) is 9.18 Å². The predicted molar refractivity (Wildman–Crippen MR) is 73.6 cm³/mol. The van der Waals surface area contributed by atoms with Crippen molar-refractivity contribution in [3.05, 3.63) is 26.9 Å². The number of carbonyl (C=O) groups excluding carboxylic acids is 1. The van der Waals surface area contributed by atoms with Crippen LogP contribution in [0.2, 0.25) is 5.02 Å². The molecule has 1 fully saturated rings. The number of hydrogen-bond acceptors (Lipinski definition) is 3. The van der Waals surface area contributed by atoms with Crippen LogP contribution < -0.4 is 4.90 Å². The molecule has 8 heteroatoms. The third-order valence-electron chi connectivity index (χ3n) is 3.10. The van der Waals surface area contributed by atoms with E-state index >= 15 is 0 Å². The second-order valence-corrected chi connectivity index (χ2v) is 5.64. The van der Waals surface area contributed by atoms with E-state index in [1.54, 1.807) is 0 Å². The minimum Gasteiger partial charge on any atom is -0.478 e. The number of carbonyl (C=O) groups is 2. The van der Waals surface area contributed by atoms with Crippen LogP contribution in [0.25, 0.3) is 0 Å². The number of anilines is 1. The van der Waals surface area contributed by atoms with Gasteiger partial charge in [0.2, 0.25) is 5.91 Å². The molecule has 2 N–H and O–H groups in total. The van der Waals surface area contributed by atoms with E-state index < -0.39 is 17.7 Å². The van der Waals surface area contributed by atoms with E-state index in [1.807, 2.05) is 0 Å². The molecular weight excluding hydrogens is 356 g/mol. The van der Waals surface area contributed by atoms with Crippen LogP contribution in [0.4, 0.5) is 10.1 Å². The maximum Gasteiger partial charge on any atom is 0.337 e. The molecule has 1 aromatic carbocycles. The van der Waals surface area contributed by atoms with Crippen LogP contribution in [0.5, 0.6) is 0 Å². The van der Waals surface area contributed by atoms with Crippen molar-refractivity contribution >= 4 is 45.1 Å². The third kappa shape index (κ3) is 2.53. The fourth-order valence-electron chi connectivity index (χ4n) is 2.13. The first-order chi connectivity index (χ1) is 9.36. The summed E-state index contributed by atoms with van der Waals surface area (Å²) in [6, 6.07) is 1.09. The first-order valence-corrected chi connectivity index (χ1v) is 6.86. The lowest BCUT2D eigenvalue weighted by atomic mass is 10.1. The normalized spacial score (nSPS) is 18.7. The van der Waals surface area contributed by atoms with Crippen molar-refractivity contribution < 1.29 is 24.2 Å². The van der Waals surface area contributed by atoms with Crippen LogP contribution in [0, 0.1) is 11.7 Å². The highest BCUT2D eigenvalue weighted by molar-refractivity contribution is 9.10. The maximum absolute atomic E-state index is 14.3. The number of aliphatic hydroxyl groups is 1. The second kappa shape index (κ2) is 5.67. The molecule has 1 saturated heterocycles. The van der Waals surface area contributed by atoms with E-state index in [-0.39, 0.29) is 46.2 Å². The number of amides is 1. The van der Waals surface area contributed by atoms with Crippen molar-refractivity contribution in [3.63, 3.8) is 0 Å². The molecule has 20 heavy (non-hydrogen) atoms. The Kier molecular flexibility index (Phi) is 4.31. The van der Waals surface area contributed by atoms with Gasteiger partial charge in [0.1, 0.15) is 0 Å². The molecule has 2 rings (SSSR count). The van der Waals surface area contributed by atoms with Crippen molar-refractivity contribution in [2.75, 3.05) is 18.1 Å². The van der Waals surface area contributed by atoms with Gasteiger partial charge in [-0.05, 0) is 22.0 Å². The quantitative estimate of drug-likeness (QED) is 0.805. The zero-order chi connectivity index (χ0) is 15.0. The van der Waals surface area contributed by atoms with Crippen molar-refractivity contribution in [1.82, 2.24) is 0 Å². The SMILES string of the molecule is O=C(O)c1cc(Cl)c(Br)c(F)c1N1CC(CO)CC1=O. The Labute approximate surface area is 127 Å². The highest BCUT2D eigenvalue weighted by Crippen LogP contribution is 2.38. The van der Waals surface area contributed by atoms with Crippen molar-refractivity contribution in [3.8, 4) is 0 Å². The number of nitrogens with zero attached hydrogens (tertiary/aromatic N) is 1. The number of rotatable bonds is 3. The molecule has 0 bridgehead atoms. The summed E-state index contributed by atoms with van der Waals surface area (Å²) in [5.41, 5.74) is -0.711. The zero-order valence-corrected chi connectivity index (χ0v) is 12.4. The third-order valence-corrected chi connectivity index (χ3v) is 4.40. The summed E-state index contributed by atoms with van der Waals surface area (Å²) in [5.74, 6) is -3.05. The number of carboxylic acid groups (broad SMARTS) is 1. The molecule has 1 atom stereocenters. The average Bonchev–Trinajstić information content (AvgIpc) is 2.76. The highest BCUT2D eigenvalue weighted by atomic mass is 79.9. The Morgan fingerprint density at radius 3 is 2.75 bits per heavy atom. The zero-order valence-electron chi connectivity index (χ0n) is 10.1. The summed E-state index contributed by atoms with van der Waals surface area (Å²) in [5, 5.41) is 18.1. The van der Waals surface area contributed by atoms with Gasteiger partial charge in [-0.2, -0.15) is 0 Å². The fourth-order valence-corrected chi connectivity index (χ4v) is 2.63. The van der Waals surface area contributed by atoms with Gasteiger partial charge in [-0.3, -0.25) is 4.79 Å². The van der Waals surface area contributed by atoms with Crippen molar-refractivity contribution in [1.29, 1.82) is 0 Å². The molecular formula is C12H10BrClFNO4. The summed E-state index contributed by atoms with van der Waals surface area (Å²) in [6.07, 6.45) is 0.0508. The molecule has 1 aliphatic heterocycles. The van der Waals surface area contributed by atoms with E-state index in [4.69, 9.17) is 21.8 Å². The van der Waals surface area contributed by atoms with Gasteiger partial charge in [0.15, 0.2) is 5.82 Å². The smallest absolute Gasteiger partial charge is 0.337 e. The molecule has 1 aromatic rings. The van der Waals surface area contributed by atoms with E-state index in [0.29, 0.717) is 0 Å². The van der Waals surface area contributed by atoms with Crippen LogP contribution in [0.15, 0.2) is 10.5 Å². The van der Waals surface area contributed by atoms with Gasteiger partial charge in [0.05, 0.1) is 20.7 Å². The Bertz CT molecular complexity index is 595. The highest BCUT2D eigenvalue weighted by Gasteiger charge is 2.35. The van der Waals surface area contributed by atoms with E-state index in [1.165, 1.54) is 0 Å². The number of aromatic carboxylic acids is 1. The number of hydrogen-bond donors (Lipinski definition) is 2. The van der Waals surface area contributed by atoms with Crippen LogP contribution in [0.3, 0.4) is 0 Å². The molecule has 1 heterocycles. The van der Waals surface area contributed by atoms with Gasteiger partial charge in [-0.15, -0.1) is 0 Å². The number of carboxylic acids is 1. The summed E-state index contributed by atoms with van der Waals surface area (Å²) < 4.78 is 14.2. The number of benzene rings is 1. The van der Waals surface area contributed by atoms with Crippen LogP contribution in [-0.2, 0) is 4.79 Å². The molecule has 0 aliphatic carbocycles. The lowest BCUT2D eigenvalue weighted by Crippen LogP contribution is -2.28. The first-order valence-electron chi connectivity index (χ1n) is 5.68. The molecule has 5 nitrogen and oxygen atoms in total. The topological polar surface area (TPSA) is 77.8 Å². The average molecular weight is 367 g/mol. The van der Waals surface area contributed by atoms with E-state index in [9.17, 15) is 14.0 Å². The largest absolute Gasteiger partial charge is 0.478 e. The lowest BCUT2D eigenvalue weighted by molar-refractivity contribution is -0.117. The monoisotopic (exact) mass is 365 g/mol. The van der Waals surface area contributed by atoms with Gasteiger partial charge in [-0.1, -0.05) is 11.6 Å². The molecule has 1 unspecified atom stereocenters. The van der Waals surface area contributed by atoms with Crippen molar-refractivity contribution in [2.24, 2.45) is 5.92 Å². The molecule has 108 valence electrons. The Morgan fingerprint density at radius 1 is 1.60 bits per heavy atom. The van der Waals surface area contributed by atoms with Gasteiger partial charge in [0, 0.05) is 25.5 Å². The van der Waals surface area contributed by atoms with Crippen LogP contribution in [0.1, 0.15) is 16.8 Å². The van der Waals surface area contributed by atoms with Crippen molar-refractivity contribution in [2.45, 2.75) is 6.42 Å². The fraction of sp³-hybridized carbons (Fsp3) is 0.333. The predicted octanol–water partition coefficient (Wildman–Crippen LogP) is 2.29. The molecule has 0 spiro atoms. The number of aliphatic hydroxyl groups excluding tert-OH is 1. The lowest BCUT2D eigenvalue weighted by Gasteiger charge is -2.20. The summed E-state index contributed by atoms with van der Waals surface area (Å²) in [4.78, 5) is 24.1. The Hall–Kier alpha value is -1.18. The van der Waals surface area contributed by atoms with E-state index in [2.05, 4.69) is 15.9 Å². The standard InChI is InChI=1S/C12H10BrClFNO4/c13-9-7(14)2-6(12(19)20)11(10(9)15)16-3-5(4-17)1-8(16)18/h2,5,17H,1,3-4H2,(H,19,20). The maximum atomic E-state index is 14.3. The molecule has 1 amide bonds.